The van der Waals surface area contributed by atoms with Crippen LogP contribution in [0.25, 0.3) is 5.69 Å². The van der Waals surface area contributed by atoms with Crippen molar-refractivity contribution in [1.82, 2.24) is 4.57 Å². The SMILES string of the molecule is Cc1ccn(-c2ccccc2C)c(=O)c1. The maximum Gasteiger partial charge on any atom is 0.255 e. The van der Waals surface area contributed by atoms with Gasteiger partial charge in [0.25, 0.3) is 5.56 Å². The molecule has 0 spiro atoms. The molecular weight excluding hydrogens is 186 g/mol. The first-order valence-electron chi connectivity index (χ1n) is 4.94. The van der Waals surface area contributed by atoms with E-state index in [4.69, 9.17) is 0 Å². The fraction of sp³-hybridized carbons (Fsp3) is 0.154. The Hall–Kier alpha value is -1.83. The van der Waals surface area contributed by atoms with Crippen molar-refractivity contribution >= 4 is 0 Å². The summed E-state index contributed by atoms with van der Waals surface area (Å²) in [5.41, 5.74) is 3.06. The minimum Gasteiger partial charge on any atom is -0.284 e. The van der Waals surface area contributed by atoms with E-state index in [2.05, 4.69) is 0 Å². The number of rotatable bonds is 1. The minimum atomic E-state index is 0.0179. The number of benzene rings is 1. The molecule has 1 aromatic carbocycles. The summed E-state index contributed by atoms with van der Waals surface area (Å²) in [4.78, 5) is 11.8. The molecule has 0 aliphatic heterocycles. The van der Waals surface area contributed by atoms with Crippen LogP contribution in [0.15, 0.2) is 47.4 Å². The molecule has 0 bridgehead atoms. The average Bonchev–Trinajstić information content (AvgIpc) is 2.20. The molecule has 2 heteroatoms. The molecular formula is C13H13NO. The van der Waals surface area contributed by atoms with Gasteiger partial charge >= 0.3 is 0 Å². The van der Waals surface area contributed by atoms with Gasteiger partial charge in [0.05, 0.1) is 5.69 Å². The smallest absolute Gasteiger partial charge is 0.255 e. The second-order valence-corrected chi connectivity index (χ2v) is 3.70. The highest BCUT2D eigenvalue weighted by Gasteiger charge is 2.01. The predicted octanol–water partition coefficient (Wildman–Crippen LogP) is 2.45. The van der Waals surface area contributed by atoms with E-state index in [1.54, 1.807) is 10.6 Å². The molecule has 2 rings (SSSR count). The summed E-state index contributed by atoms with van der Waals surface area (Å²) in [6.07, 6.45) is 1.82. The van der Waals surface area contributed by atoms with Gasteiger partial charge in [0.15, 0.2) is 0 Å². The Balaban J connectivity index is 2.65. The van der Waals surface area contributed by atoms with Gasteiger partial charge in [-0.3, -0.25) is 9.36 Å². The number of pyridine rings is 1. The predicted molar refractivity (Wildman–Crippen MR) is 61.5 cm³/mol. The van der Waals surface area contributed by atoms with E-state index in [0.717, 1.165) is 16.8 Å². The van der Waals surface area contributed by atoms with Crippen LogP contribution in [0.1, 0.15) is 11.1 Å². The van der Waals surface area contributed by atoms with E-state index in [-0.39, 0.29) is 5.56 Å². The van der Waals surface area contributed by atoms with Crippen LogP contribution >= 0.6 is 0 Å². The third kappa shape index (κ3) is 1.84. The first-order chi connectivity index (χ1) is 7.18. The van der Waals surface area contributed by atoms with Crippen molar-refractivity contribution in [2.75, 3.05) is 0 Å². The van der Waals surface area contributed by atoms with Crippen molar-refractivity contribution in [2.45, 2.75) is 13.8 Å². The Morgan fingerprint density at radius 3 is 2.47 bits per heavy atom. The monoisotopic (exact) mass is 199 g/mol. The van der Waals surface area contributed by atoms with E-state index in [1.165, 1.54) is 0 Å². The Bertz CT molecular complexity index is 540. The number of aromatic nitrogens is 1. The van der Waals surface area contributed by atoms with E-state index in [1.807, 2.05) is 50.4 Å². The number of aryl methyl sites for hydroxylation is 2. The third-order valence-electron chi connectivity index (χ3n) is 2.45. The summed E-state index contributed by atoms with van der Waals surface area (Å²) in [6, 6.07) is 11.4. The van der Waals surface area contributed by atoms with Crippen molar-refractivity contribution < 1.29 is 0 Å². The standard InChI is InChI=1S/C13H13NO/c1-10-7-8-14(13(15)9-10)12-6-4-3-5-11(12)2/h3-9H,1-2H3. The number of nitrogens with zero attached hydrogens (tertiary/aromatic N) is 1. The quantitative estimate of drug-likeness (QED) is 0.691. The van der Waals surface area contributed by atoms with E-state index < -0.39 is 0 Å². The Kier molecular flexibility index (Phi) is 2.42. The van der Waals surface area contributed by atoms with Gasteiger partial charge in [0, 0.05) is 12.3 Å². The van der Waals surface area contributed by atoms with Crippen molar-refractivity contribution in [2.24, 2.45) is 0 Å². The molecule has 0 saturated carbocycles. The summed E-state index contributed by atoms with van der Waals surface area (Å²) >= 11 is 0. The summed E-state index contributed by atoms with van der Waals surface area (Å²) in [7, 11) is 0. The Morgan fingerprint density at radius 2 is 1.80 bits per heavy atom. The number of para-hydroxylation sites is 1. The topological polar surface area (TPSA) is 22.0 Å². The van der Waals surface area contributed by atoms with Gasteiger partial charge in [0.1, 0.15) is 0 Å². The van der Waals surface area contributed by atoms with Gasteiger partial charge in [0.2, 0.25) is 0 Å². The van der Waals surface area contributed by atoms with Crippen molar-refractivity contribution in [3.63, 3.8) is 0 Å². The van der Waals surface area contributed by atoms with E-state index >= 15 is 0 Å². The number of hydrogen-bond acceptors (Lipinski definition) is 1. The molecule has 0 aliphatic rings. The molecule has 2 nitrogen and oxygen atoms in total. The molecule has 0 atom stereocenters. The van der Waals surface area contributed by atoms with Crippen molar-refractivity contribution in [1.29, 1.82) is 0 Å². The minimum absolute atomic E-state index is 0.0179. The zero-order chi connectivity index (χ0) is 10.8. The van der Waals surface area contributed by atoms with Crippen LogP contribution < -0.4 is 5.56 Å². The van der Waals surface area contributed by atoms with Crippen molar-refractivity contribution in [3.8, 4) is 5.69 Å². The van der Waals surface area contributed by atoms with Gasteiger partial charge in [-0.1, -0.05) is 18.2 Å². The Labute approximate surface area is 88.8 Å². The van der Waals surface area contributed by atoms with E-state index in [9.17, 15) is 4.79 Å². The molecule has 2 aromatic rings. The highest BCUT2D eigenvalue weighted by Crippen LogP contribution is 2.10. The fourth-order valence-corrected chi connectivity index (χ4v) is 1.61. The third-order valence-corrected chi connectivity index (χ3v) is 2.45. The van der Waals surface area contributed by atoms with Crippen LogP contribution in [0.3, 0.4) is 0 Å². The maximum absolute atomic E-state index is 11.8. The van der Waals surface area contributed by atoms with Crippen LogP contribution in [0.5, 0.6) is 0 Å². The van der Waals surface area contributed by atoms with Crippen LogP contribution in [-0.2, 0) is 0 Å². The molecule has 0 fully saturated rings. The zero-order valence-electron chi connectivity index (χ0n) is 8.90. The van der Waals surface area contributed by atoms with Crippen molar-refractivity contribution in [3.05, 3.63) is 64.1 Å². The van der Waals surface area contributed by atoms with Gasteiger partial charge in [-0.2, -0.15) is 0 Å². The molecule has 0 radical (unpaired) electrons. The van der Waals surface area contributed by atoms with Gasteiger partial charge < -0.3 is 0 Å². The molecule has 15 heavy (non-hydrogen) atoms. The van der Waals surface area contributed by atoms with Gasteiger partial charge in [-0.25, -0.2) is 0 Å². The summed E-state index contributed by atoms with van der Waals surface area (Å²) in [5, 5.41) is 0. The average molecular weight is 199 g/mol. The van der Waals surface area contributed by atoms with E-state index in [0.29, 0.717) is 0 Å². The first-order valence-corrected chi connectivity index (χ1v) is 4.94. The van der Waals surface area contributed by atoms with Gasteiger partial charge in [-0.05, 0) is 37.1 Å². The Morgan fingerprint density at radius 1 is 1.07 bits per heavy atom. The molecule has 1 heterocycles. The molecule has 0 amide bonds. The lowest BCUT2D eigenvalue weighted by Crippen LogP contribution is -2.17. The fourth-order valence-electron chi connectivity index (χ4n) is 1.61. The molecule has 0 saturated heterocycles. The zero-order valence-corrected chi connectivity index (χ0v) is 8.90. The molecule has 76 valence electrons. The maximum atomic E-state index is 11.8. The number of hydrogen-bond donors (Lipinski definition) is 0. The summed E-state index contributed by atoms with van der Waals surface area (Å²) < 4.78 is 1.67. The van der Waals surface area contributed by atoms with Crippen LogP contribution in [0, 0.1) is 13.8 Å². The molecule has 1 aromatic heterocycles. The first kappa shape index (κ1) is 9.71. The second-order valence-electron chi connectivity index (χ2n) is 3.70. The normalized spacial score (nSPS) is 10.3. The highest BCUT2D eigenvalue weighted by molar-refractivity contribution is 5.40. The summed E-state index contributed by atoms with van der Waals surface area (Å²) in [6.45, 7) is 3.92. The largest absolute Gasteiger partial charge is 0.284 e. The lowest BCUT2D eigenvalue weighted by atomic mass is 10.2. The molecule has 0 aliphatic carbocycles. The second kappa shape index (κ2) is 3.73. The molecule has 0 N–H and O–H groups in total. The lowest BCUT2D eigenvalue weighted by Gasteiger charge is -2.08. The van der Waals surface area contributed by atoms with Crippen LogP contribution in [0.2, 0.25) is 0 Å². The lowest BCUT2D eigenvalue weighted by molar-refractivity contribution is 0.970. The van der Waals surface area contributed by atoms with Crippen LogP contribution in [-0.4, -0.2) is 4.57 Å². The molecule has 0 unspecified atom stereocenters. The highest BCUT2D eigenvalue weighted by atomic mass is 16.1. The summed E-state index contributed by atoms with van der Waals surface area (Å²) in [5.74, 6) is 0. The van der Waals surface area contributed by atoms with Crippen LogP contribution in [0.4, 0.5) is 0 Å². The van der Waals surface area contributed by atoms with Gasteiger partial charge in [-0.15, -0.1) is 0 Å².